The highest BCUT2D eigenvalue weighted by molar-refractivity contribution is 6.22. The number of amides is 1. The highest BCUT2D eigenvalue weighted by atomic mass is 35.5. The fourth-order valence-electron chi connectivity index (χ4n) is 2.33. The van der Waals surface area contributed by atoms with Gasteiger partial charge in [0.2, 0.25) is 0 Å². The number of hydrogen-bond acceptors (Lipinski definition) is 4. The summed E-state index contributed by atoms with van der Waals surface area (Å²) in [5.41, 5.74) is 2.22. The van der Waals surface area contributed by atoms with E-state index in [4.69, 9.17) is 16.0 Å². The van der Waals surface area contributed by atoms with Gasteiger partial charge in [-0.15, -0.1) is 11.6 Å². The summed E-state index contributed by atoms with van der Waals surface area (Å²) in [6, 6.07) is 8.10. The Hall–Kier alpha value is -2.34. The lowest BCUT2D eigenvalue weighted by Gasteiger charge is -2.18. The summed E-state index contributed by atoms with van der Waals surface area (Å²) in [5.74, 6) is -0.210. The van der Waals surface area contributed by atoms with Gasteiger partial charge in [0.1, 0.15) is 16.1 Å². The summed E-state index contributed by atoms with van der Waals surface area (Å²) in [6.45, 7) is 0.625. The maximum atomic E-state index is 11.8. The standard InChI is InChI=1S/C14H11ClN2O4/c15-13(11-3-4-12(21-11)17(19)20)9-2-1-8-5-6-16-14(18)10(8)7-9/h1-4,7,13H,5-6H2,(H,16,18). The first kappa shape index (κ1) is 13.6. The molecule has 0 spiro atoms. The van der Waals surface area contributed by atoms with Crippen molar-refractivity contribution in [2.75, 3.05) is 6.54 Å². The van der Waals surface area contributed by atoms with Crippen molar-refractivity contribution in [3.8, 4) is 0 Å². The van der Waals surface area contributed by atoms with Crippen LogP contribution >= 0.6 is 11.6 Å². The predicted octanol–water partition coefficient (Wildman–Crippen LogP) is 2.80. The first-order chi connectivity index (χ1) is 10.1. The van der Waals surface area contributed by atoms with E-state index in [2.05, 4.69) is 5.32 Å². The van der Waals surface area contributed by atoms with Crippen LogP contribution in [-0.4, -0.2) is 17.4 Å². The largest absolute Gasteiger partial charge is 0.433 e. The average Bonchev–Trinajstić information content (AvgIpc) is 2.97. The number of nitro groups is 1. The van der Waals surface area contributed by atoms with Gasteiger partial charge in [-0.2, -0.15) is 0 Å². The Kier molecular flexibility index (Phi) is 3.39. The van der Waals surface area contributed by atoms with Gasteiger partial charge >= 0.3 is 5.88 Å². The minimum absolute atomic E-state index is 0.132. The van der Waals surface area contributed by atoms with Gasteiger partial charge in [0.15, 0.2) is 0 Å². The number of halogens is 1. The van der Waals surface area contributed by atoms with Crippen LogP contribution in [0, 0.1) is 10.1 Å². The molecule has 7 heteroatoms. The lowest BCUT2D eigenvalue weighted by Crippen LogP contribution is -2.31. The van der Waals surface area contributed by atoms with Crippen molar-refractivity contribution in [2.45, 2.75) is 11.8 Å². The summed E-state index contributed by atoms with van der Waals surface area (Å²) >= 11 is 6.29. The molecule has 1 aromatic carbocycles. The Balaban J connectivity index is 1.94. The third-order valence-electron chi connectivity index (χ3n) is 3.39. The zero-order chi connectivity index (χ0) is 15.0. The number of fused-ring (bicyclic) bond motifs is 1. The van der Waals surface area contributed by atoms with Gasteiger partial charge in [0, 0.05) is 12.1 Å². The maximum Gasteiger partial charge on any atom is 0.433 e. The SMILES string of the molecule is O=C1NCCc2ccc(C(Cl)c3ccc([N+](=O)[O-])o3)cc21. The van der Waals surface area contributed by atoms with Gasteiger partial charge in [-0.3, -0.25) is 14.9 Å². The molecule has 2 aromatic rings. The summed E-state index contributed by atoms with van der Waals surface area (Å²) in [4.78, 5) is 21.8. The van der Waals surface area contributed by atoms with Crippen molar-refractivity contribution in [1.82, 2.24) is 5.32 Å². The van der Waals surface area contributed by atoms with E-state index in [0.717, 1.165) is 12.0 Å². The third kappa shape index (κ3) is 2.50. The summed E-state index contributed by atoms with van der Waals surface area (Å²) in [7, 11) is 0. The number of nitrogens with zero attached hydrogens (tertiary/aromatic N) is 1. The molecular weight excluding hydrogens is 296 g/mol. The predicted molar refractivity (Wildman–Crippen MR) is 75.5 cm³/mol. The fraction of sp³-hybridized carbons (Fsp3) is 0.214. The van der Waals surface area contributed by atoms with Crippen LogP contribution in [0.5, 0.6) is 0 Å². The molecule has 0 bridgehead atoms. The fourth-order valence-corrected chi connectivity index (χ4v) is 2.58. The first-order valence-corrected chi connectivity index (χ1v) is 6.79. The molecule has 21 heavy (non-hydrogen) atoms. The van der Waals surface area contributed by atoms with Crippen molar-refractivity contribution < 1.29 is 14.1 Å². The van der Waals surface area contributed by atoms with Gasteiger partial charge in [0.05, 0.1) is 6.07 Å². The quantitative estimate of drug-likeness (QED) is 0.537. The summed E-state index contributed by atoms with van der Waals surface area (Å²) in [5, 5.41) is 12.7. The highest BCUT2D eigenvalue weighted by Crippen LogP contribution is 2.33. The molecule has 6 nitrogen and oxygen atoms in total. The molecule has 0 saturated carbocycles. The Morgan fingerprint density at radius 3 is 2.86 bits per heavy atom. The minimum atomic E-state index is -0.682. The first-order valence-electron chi connectivity index (χ1n) is 6.35. The number of furan rings is 1. The van der Waals surface area contributed by atoms with Gasteiger partial charge in [-0.25, -0.2) is 0 Å². The molecule has 0 saturated heterocycles. The van der Waals surface area contributed by atoms with Gasteiger partial charge < -0.3 is 9.73 Å². The molecule has 1 atom stereocenters. The molecule has 1 aromatic heterocycles. The number of rotatable bonds is 3. The number of carbonyl (C=O) groups is 1. The van der Waals surface area contributed by atoms with E-state index in [0.29, 0.717) is 17.7 Å². The topological polar surface area (TPSA) is 85.4 Å². The van der Waals surface area contributed by atoms with E-state index in [9.17, 15) is 14.9 Å². The lowest BCUT2D eigenvalue weighted by molar-refractivity contribution is -0.402. The van der Waals surface area contributed by atoms with Crippen LogP contribution in [0.15, 0.2) is 34.7 Å². The Labute approximate surface area is 124 Å². The molecule has 0 radical (unpaired) electrons. The lowest BCUT2D eigenvalue weighted by atomic mass is 9.96. The molecule has 108 valence electrons. The number of hydrogen-bond donors (Lipinski definition) is 1. The monoisotopic (exact) mass is 306 g/mol. The van der Waals surface area contributed by atoms with Crippen LogP contribution < -0.4 is 5.32 Å². The second-order valence-corrected chi connectivity index (χ2v) is 5.15. The molecule has 2 heterocycles. The molecule has 1 N–H and O–H groups in total. The second-order valence-electron chi connectivity index (χ2n) is 4.72. The van der Waals surface area contributed by atoms with E-state index in [-0.39, 0.29) is 17.6 Å². The van der Waals surface area contributed by atoms with Crippen molar-refractivity contribution in [2.24, 2.45) is 0 Å². The van der Waals surface area contributed by atoms with E-state index in [1.807, 2.05) is 12.1 Å². The van der Waals surface area contributed by atoms with Crippen LogP contribution in [-0.2, 0) is 6.42 Å². The number of alkyl halides is 1. The third-order valence-corrected chi connectivity index (χ3v) is 3.86. The average molecular weight is 307 g/mol. The van der Waals surface area contributed by atoms with E-state index in [1.54, 1.807) is 6.07 Å². The van der Waals surface area contributed by atoms with Crippen LogP contribution in [0.1, 0.15) is 32.6 Å². The van der Waals surface area contributed by atoms with Crippen molar-refractivity contribution in [3.05, 3.63) is 62.9 Å². The summed E-state index contributed by atoms with van der Waals surface area (Å²) < 4.78 is 5.10. The number of carbonyl (C=O) groups excluding carboxylic acids is 1. The Morgan fingerprint density at radius 2 is 2.14 bits per heavy atom. The van der Waals surface area contributed by atoms with Gasteiger partial charge in [0.25, 0.3) is 5.91 Å². The minimum Gasteiger partial charge on any atom is -0.404 e. The molecule has 1 aliphatic rings. The van der Waals surface area contributed by atoms with Crippen molar-refractivity contribution >= 4 is 23.4 Å². The van der Waals surface area contributed by atoms with Gasteiger partial charge in [-0.05, 0) is 29.7 Å². The molecule has 3 rings (SSSR count). The smallest absolute Gasteiger partial charge is 0.404 e. The van der Waals surface area contributed by atoms with Gasteiger partial charge in [-0.1, -0.05) is 12.1 Å². The molecule has 1 amide bonds. The Bertz CT molecular complexity index is 726. The molecular formula is C14H11ClN2O4. The van der Waals surface area contributed by atoms with Crippen LogP contribution in [0.4, 0.5) is 5.88 Å². The van der Waals surface area contributed by atoms with E-state index >= 15 is 0 Å². The molecule has 0 aliphatic carbocycles. The zero-order valence-corrected chi connectivity index (χ0v) is 11.6. The summed E-state index contributed by atoms with van der Waals surface area (Å²) in [6.07, 6.45) is 0.778. The number of benzene rings is 1. The number of nitrogens with one attached hydrogen (secondary N) is 1. The molecule has 1 aliphatic heterocycles. The highest BCUT2D eigenvalue weighted by Gasteiger charge is 2.22. The van der Waals surface area contributed by atoms with Crippen molar-refractivity contribution in [1.29, 1.82) is 0 Å². The van der Waals surface area contributed by atoms with Crippen LogP contribution in [0.25, 0.3) is 0 Å². The molecule has 0 fully saturated rings. The van der Waals surface area contributed by atoms with E-state index < -0.39 is 10.3 Å². The maximum absolute atomic E-state index is 11.8. The van der Waals surface area contributed by atoms with Crippen LogP contribution in [0.3, 0.4) is 0 Å². The molecule has 1 unspecified atom stereocenters. The zero-order valence-electron chi connectivity index (χ0n) is 10.8. The van der Waals surface area contributed by atoms with Crippen molar-refractivity contribution in [3.63, 3.8) is 0 Å². The van der Waals surface area contributed by atoms with E-state index in [1.165, 1.54) is 12.1 Å². The Morgan fingerprint density at radius 1 is 1.33 bits per heavy atom. The normalized spacial score (nSPS) is 15.2. The second kappa shape index (κ2) is 5.21. The van der Waals surface area contributed by atoms with Crippen LogP contribution in [0.2, 0.25) is 0 Å².